The predicted molar refractivity (Wildman–Crippen MR) is 90.2 cm³/mol. The number of thioether (sulfide) groups is 1. The van der Waals surface area contributed by atoms with Gasteiger partial charge in [-0.3, -0.25) is 0 Å². The van der Waals surface area contributed by atoms with Crippen molar-refractivity contribution in [3.8, 4) is 10.7 Å². The van der Waals surface area contributed by atoms with Crippen molar-refractivity contribution in [3.05, 3.63) is 36.3 Å². The van der Waals surface area contributed by atoms with Crippen molar-refractivity contribution in [2.75, 3.05) is 24.7 Å². The third kappa shape index (κ3) is 3.06. The van der Waals surface area contributed by atoms with E-state index in [2.05, 4.69) is 15.3 Å². The van der Waals surface area contributed by atoms with Crippen LogP contribution < -0.4 is 5.32 Å². The van der Waals surface area contributed by atoms with Crippen LogP contribution in [0.3, 0.4) is 0 Å². The van der Waals surface area contributed by atoms with Crippen LogP contribution in [0.25, 0.3) is 20.9 Å². The molecule has 7 heteroatoms. The van der Waals surface area contributed by atoms with Gasteiger partial charge < -0.3 is 10.4 Å². The van der Waals surface area contributed by atoms with E-state index in [-0.39, 0.29) is 6.61 Å². The van der Waals surface area contributed by atoms with Gasteiger partial charge in [-0.05, 0) is 30.3 Å². The Bertz CT molecular complexity index is 807. The zero-order valence-corrected chi connectivity index (χ0v) is 13.5. The van der Waals surface area contributed by atoms with Gasteiger partial charge >= 0.3 is 0 Å². The number of benzene rings is 1. The van der Waals surface area contributed by atoms with Crippen LogP contribution in [0, 0.1) is 5.95 Å². The van der Waals surface area contributed by atoms with Gasteiger partial charge in [0, 0.05) is 17.7 Å². The monoisotopic (exact) mass is 335 g/mol. The molecule has 0 saturated heterocycles. The molecule has 0 unspecified atom stereocenters. The molecule has 3 aromatic rings. The maximum atomic E-state index is 13.8. The fourth-order valence-corrected chi connectivity index (χ4v) is 3.75. The summed E-state index contributed by atoms with van der Waals surface area (Å²) in [4.78, 5) is 9.56. The minimum absolute atomic E-state index is 0.150. The van der Waals surface area contributed by atoms with E-state index < -0.39 is 5.95 Å². The molecule has 0 spiro atoms. The van der Waals surface area contributed by atoms with E-state index in [0.29, 0.717) is 22.1 Å². The van der Waals surface area contributed by atoms with E-state index in [0.717, 1.165) is 15.1 Å². The SMILES string of the molecule is CNc1ccc(-c2nc3ccc(SCCO)cc3s2)nc1F. The summed E-state index contributed by atoms with van der Waals surface area (Å²) in [5.74, 6) is 0.133. The van der Waals surface area contributed by atoms with E-state index in [1.165, 1.54) is 11.3 Å². The minimum Gasteiger partial charge on any atom is -0.396 e. The first-order valence-electron chi connectivity index (χ1n) is 6.70. The molecule has 2 N–H and O–H groups in total. The van der Waals surface area contributed by atoms with Gasteiger partial charge in [-0.15, -0.1) is 23.1 Å². The maximum absolute atomic E-state index is 13.8. The Hall–Kier alpha value is -1.70. The molecule has 2 aromatic heterocycles. The van der Waals surface area contributed by atoms with Crippen LogP contribution in [0.15, 0.2) is 35.2 Å². The average Bonchev–Trinajstić information content (AvgIpc) is 2.96. The number of nitrogens with one attached hydrogen (secondary N) is 1. The molecule has 0 atom stereocenters. The molecule has 0 aliphatic rings. The normalized spacial score (nSPS) is 11.0. The Balaban J connectivity index is 1.96. The molecule has 3 rings (SSSR count). The molecular formula is C15H14FN3OS2. The van der Waals surface area contributed by atoms with Gasteiger partial charge in [0.15, 0.2) is 0 Å². The Labute approximate surface area is 135 Å². The second-order valence-corrected chi connectivity index (χ2v) is 6.70. The largest absolute Gasteiger partial charge is 0.396 e. The minimum atomic E-state index is -0.529. The summed E-state index contributed by atoms with van der Waals surface area (Å²) in [6, 6.07) is 9.37. The van der Waals surface area contributed by atoms with Crippen molar-refractivity contribution in [2.24, 2.45) is 0 Å². The summed E-state index contributed by atoms with van der Waals surface area (Å²) in [6.45, 7) is 0.150. The van der Waals surface area contributed by atoms with Crippen LogP contribution in [0.1, 0.15) is 0 Å². The number of nitrogens with zero attached hydrogens (tertiary/aromatic N) is 2. The average molecular weight is 335 g/mol. The van der Waals surface area contributed by atoms with Crippen molar-refractivity contribution in [1.82, 2.24) is 9.97 Å². The molecule has 0 amide bonds. The molecule has 0 bridgehead atoms. The molecule has 1 aromatic carbocycles. The number of thiazole rings is 1. The second-order valence-electron chi connectivity index (χ2n) is 4.51. The Morgan fingerprint density at radius 1 is 1.27 bits per heavy atom. The van der Waals surface area contributed by atoms with Crippen molar-refractivity contribution in [2.45, 2.75) is 4.90 Å². The molecule has 0 radical (unpaired) electrons. The van der Waals surface area contributed by atoms with Gasteiger partial charge in [0.25, 0.3) is 0 Å². The van der Waals surface area contributed by atoms with Crippen LogP contribution in [0.4, 0.5) is 10.1 Å². The number of aliphatic hydroxyl groups is 1. The maximum Gasteiger partial charge on any atom is 0.236 e. The zero-order valence-electron chi connectivity index (χ0n) is 11.8. The Kier molecular flexibility index (Phi) is 4.56. The van der Waals surface area contributed by atoms with Gasteiger partial charge in [-0.25, -0.2) is 9.97 Å². The number of aliphatic hydroxyl groups excluding tert-OH is 1. The van der Waals surface area contributed by atoms with Crippen LogP contribution in [0.2, 0.25) is 0 Å². The molecule has 0 saturated carbocycles. The third-order valence-corrected chi connectivity index (χ3v) is 5.07. The van der Waals surface area contributed by atoms with E-state index in [9.17, 15) is 4.39 Å². The lowest BCUT2D eigenvalue weighted by Gasteiger charge is -2.01. The van der Waals surface area contributed by atoms with Crippen LogP contribution >= 0.6 is 23.1 Å². The molecular weight excluding hydrogens is 321 g/mol. The number of hydrogen-bond acceptors (Lipinski definition) is 6. The number of fused-ring (bicyclic) bond motifs is 1. The van der Waals surface area contributed by atoms with E-state index in [1.807, 2.05) is 18.2 Å². The van der Waals surface area contributed by atoms with Gasteiger partial charge in [0.2, 0.25) is 5.95 Å². The predicted octanol–water partition coefficient (Wildman–Crippen LogP) is 3.62. The lowest BCUT2D eigenvalue weighted by molar-refractivity contribution is 0.322. The van der Waals surface area contributed by atoms with Crippen molar-refractivity contribution in [1.29, 1.82) is 0 Å². The third-order valence-electron chi connectivity index (χ3n) is 3.06. The molecule has 0 fully saturated rings. The zero-order chi connectivity index (χ0) is 15.5. The highest BCUT2D eigenvalue weighted by molar-refractivity contribution is 7.99. The number of pyridine rings is 1. The number of anilines is 1. The summed E-state index contributed by atoms with van der Waals surface area (Å²) in [5.41, 5.74) is 1.77. The fourth-order valence-electron chi connectivity index (χ4n) is 2.01. The Morgan fingerprint density at radius 3 is 2.86 bits per heavy atom. The molecule has 0 aliphatic carbocycles. The summed E-state index contributed by atoms with van der Waals surface area (Å²) in [6.07, 6.45) is 0. The summed E-state index contributed by atoms with van der Waals surface area (Å²) >= 11 is 3.08. The van der Waals surface area contributed by atoms with Crippen LogP contribution in [0.5, 0.6) is 0 Å². The lowest BCUT2D eigenvalue weighted by Crippen LogP contribution is -1.96. The molecule has 2 heterocycles. The van der Waals surface area contributed by atoms with Crippen LogP contribution in [-0.2, 0) is 0 Å². The van der Waals surface area contributed by atoms with E-state index in [4.69, 9.17) is 5.11 Å². The highest BCUT2D eigenvalue weighted by Gasteiger charge is 2.11. The first kappa shape index (κ1) is 15.2. The number of halogens is 1. The quantitative estimate of drug-likeness (QED) is 0.551. The fraction of sp³-hybridized carbons (Fsp3) is 0.200. The van der Waals surface area contributed by atoms with Crippen molar-refractivity contribution >= 4 is 39.0 Å². The van der Waals surface area contributed by atoms with Crippen molar-refractivity contribution < 1.29 is 9.50 Å². The topological polar surface area (TPSA) is 58.0 Å². The number of aromatic nitrogens is 2. The molecule has 4 nitrogen and oxygen atoms in total. The lowest BCUT2D eigenvalue weighted by atomic mass is 10.3. The number of rotatable bonds is 5. The first-order chi connectivity index (χ1) is 10.7. The standard InChI is InChI=1S/C15H14FN3OS2/c1-17-11-4-5-12(18-14(11)16)15-19-10-3-2-9(21-7-6-20)8-13(10)22-15/h2-5,8,17,20H,6-7H2,1H3. The highest BCUT2D eigenvalue weighted by Crippen LogP contribution is 2.32. The Morgan fingerprint density at radius 2 is 2.14 bits per heavy atom. The molecule has 114 valence electrons. The summed E-state index contributed by atoms with van der Waals surface area (Å²) in [7, 11) is 1.66. The first-order valence-corrected chi connectivity index (χ1v) is 8.50. The second kappa shape index (κ2) is 6.60. The van der Waals surface area contributed by atoms with Gasteiger partial charge in [0.1, 0.15) is 10.7 Å². The van der Waals surface area contributed by atoms with Gasteiger partial charge in [-0.2, -0.15) is 4.39 Å². The number of hydrogen-bond donors (Lipinski definition) is 2. The van der Waals surface area contributed by atoms with Gasteiger partial charge in [-0.1, -0.05) is 0 Å². The summed E-state index contributed by atoms with van der Waals surface area (Å²) in [5, 5.41) is 12.3. The highest BCUT2D eigenvalue weighted by atomic mass is 32.2. The van der Waals surface area contributed by atoms with E-state index >= 15 is 0 Å². The molecule has 0 aliphatic heterocycles. The van der Waals surface area contributed by atoms with E-state index in [1.54, 1.807) is 30.9 Å². The molecule has 22 heavy (non-hydrogen) atoms. The van der Waals surface area contributed by atoms with Gasteiger partial charge in [0.05, 0.1) is 22.5 Å². The van der Waals surface area contributed by atoms with Crippen LogP contribution in [-0.4, -0.2) is 34.5 Å². The van der Waals surface area contributed by atoms with Crippen molar-refractivity contribution in [3.63, 3.8) is 0 Å². The smallest absolute Gasteiger partial charge is 0.236 e. The summed E-state index contributed by atoms with van der Waals surface area (Å²) < 4.78 is 14.8.